The van der Waals surface area contributed by atoms with Crippen molar-refractivity contribution < 1.29 is 26.7 Å². The largest absolute Gasteiger partial charge is 0.417 e. The van der Waals surface area contributed by atoms with Crippen molar-refractivity contribution in [1.29, 1.82) is 0 Å². The lowest BCUT2D eigenvalue weighted by molar-refractivity contribution is -0.140. The molecule has 0 atom stereocenters. The van der Waals surface area contributed by atoms with Gasteiger partial charge in [0.15, 0.2) is 0 Å². The van der Waals surface area contributed by atoms with Crippen LogP contribution in [0.2, 0.25) is 0 Å². The van der Waals surface area contributed by atoms with Crippen LogP contribution in [0.1, 0.15) is 44.7 Å². The fourth-order valence-corrected chi connectivity index (χ4v) is 3.43. The van der Waals surface area contributed by atoms with E-state index in [4.69, 9.17) is 5.11 Å². The molecule has 0 aromatic heterocycles. The normalized spacial score (nSPS) is 13.7. The summed E-state index contributed by atoms with van der Waals surface area (Å²) in [4.78, 5) is -0.842. The Labute approximate surface area is 128 Å². The second-order valence-electron chi connectivity index (χ2n) is 6.06. The van der Waals surface area contributed by atoms with Crippen LogP contribution in [0.5, 0.6) is 0 Å². The molecular weight excluding hydrogens is 319 g/mol. The lowest BCUT2D eigenvalue weighted by atomic mass is 10.0. The lowest BCUT2D eigenvalue weighted by Gasteiger charge is -2.24. The summed E-state index contributed by atoms with van der Waals surface area (Å²) in [6.07, 6.45) is -4.79. The number of sulfonamides is 1. The predicted molar refractivity (Wildman–Crippen MR) is 77.0 cm³/mol. The van der Waals surface area contributed by atoms with Gasteiger partial charge in [-0.1, -0.05) is 19.9 Å². The zero-order valence-electron chi connectivity index (χ0n) is 12.8. The van der Waals surface area contributed by atoms with Crippen molar-refractivity contribution in [3.63, 3.8) is 0 Å². The van der Waals surface area contributed by atoms with Crippen LogP contribution in [0, 0.1) is 0 Å². The number of hydrogen-bond acceptors (Lipinski definition) is 3. The maximum absolute atomic E-state index is 13.2. The first-order valence-electron chi connectivity index (χ1n) is 6.66. The van der Waals surface area contributed by atoms with E-state index >= 15 is 0 Å². The van der Waals surface area contributed by atoms with E-state index in [1.165, 1.54) is 19.9 Å². The van der Waals surface area contributed by atoms with Crippen LogP contribution in [-0.2, 0) is 16.2 Å². The topological polar surface area (TPSA) is 66.4 Å². The van der Waals surface area contributed by atoms with Crippen molar-refractivity contribution in [3.05, 3.63) is 29.3 Å². The van der Waals surface area contributed by atoms with E-state index in [0.717, 1.165) is 12.1 Å². The lowest BCUT2D eigenvalue weighted by Crippen LogP contribution is -2.46. The number of hydrogen-bond donors (Lipinski definition) is 2. The molecule has 0 heterocycles. The number of aliphatic hydroxyl groups excluding tert-OH is 1. The van der Waals surface area contributed by atoms with Gasteiger partial charge in [0.1, 0.15) is 0 Å². The van der Waals surface area contributed by atoms with Crippen LogP contribution in [0.4, 0.5) is 13.2 Å². The number of benzene rings is 1. The molecule has 0 unspecified atom stereocenters. The molecule has 22 heavy (non-hydrogen) atoms. The molecule has 0 spiro atoms. The molecule has 0 fully saturated rings. The molecule has 1 aromatic carbocycles. The first-order chi connectivity index (χ1) is 9.80. The van der Waals surface area contributed by atoms with E-state index in [0.29, 0.717) is 5.56 Å². The molecule has 4 nitrogen and oxygen atoms in total. The molecule has 0 amide bonds. The molecule has 2 N–H and O–H groups in total. The quantitative estimate of drug-likeness (QED) is 0.867. The minimum atomic E-state index is -4.79. The average molecular weight is 339 g/mol. The minimum Gasteiger partial charge on any atom is -0.394 e. The molecule has 126 valence electrons. The Kier molecular flexibility index (Phi) is 5.31. The number of rotatable bonds is 5. The number of aliphatic hydroxyl groups is 1. The average Bonchev–Trinajstić information content (AvgIpc) is 2.35. The van der Waals surface area contributed by atoms with Crippen molar-refractivity contribution in [2.24, 2.45) is 0 Å². The molecule has 8 heteroatoms. The second kappa shape index (κ2) is 6.17. The number of nitrogens with one attached hydrogen (secondary N) is 1. The first-order valence-corrected chi connectivity index (χ1v) is 8.14. The van der Waals surface area contributed by atoms with Gasteiger partial charge in [-0.3, -0.25) is 0 Å². The van der Waals surface area contributed by atoms with Crippen LogP contribution in [0.3, 0.4) is 0 Å². The predicted octanol–water partition coefficient (Wildman–Crippen LogP) is 2.88. The van der Waals surface area contributed by atoms with Crippen molar-refractivity contribution >= 4 is 10.0 Å². The molecule has 0 bridgehead atoms. The van der Waals surface area contributed by atoms with E-state index in [9.17, 15) is 21.6 Å². The number of halogens is 3. The summed E-state index contributed by atoms with van der Waals surface area (Å²) in [6, 6.07) is 3.17. The summed E-state index contributed by atoms with van der Waals surface area (Å²) in [5.41, 5.74) is -2.08. The fourth-order valence-electron chi connectivity index (χ4n) is 1.81. The second-order valence-corrected chi connectivity index (χ2v) is 7.71. The maximum Gasteiger partial charge on any atom is 0.417 e. The Morgan fingerprint density at radius 3 is 2.18 bits per heavy atom. The van der Waals surface area contributed by atoms with Crippen LogP contribution >= 0.6 is 0 Å². The van der Waals surface area contributed by atoms with Gasteiger partial charge in [-0.25, -0.2) is 13.1 Å². The summed E-state index contributed by atoms with van der Waals surface area (Å²) in [5, 5.41) is 9.10. The van der Waals surface area contributed by atoms with E-state index in [2.05, 4.69) is 4.72 Å². The van der Waals surface area contributed by atoms with Gasteiger partial charge in [0.2, 0.25) is 10.0 Å². The monoisotopic (exact) mass is 339 g/mol. The molecule has 0 saturated heterocycles. The molecule has 1 aromatic rings. The zero-order valence-corrected chi connectivity index (χ0v) is 13.6. The molecule has 0 radical (unpaired) electrons. The van der Waals surface area contributed by atoms with Gasteiger partial charge in [-0.2, -0.15) is 13.2 Å². The molecular formula is C14H20F3NO3S. The third-order valence-electron chi connectivity index (χ3n) is 3.07. The van der Waals surface area contributed by atoms with Crippen molar-refractivity contribution in [2.75, 3.05) is 6.61 Å². The minimum absolute atomic E-state index is 0.167. The summed E-state index contributed by atoms with van der Waals surface area (Å²) >= 11 is 0. The van der Waals surface area contributed by atoms with Crippen LogP contribution in [-0.4, -0.2) is 25.7 Å². The highest BCUT2D eigenvalue weighted by Crippen LogP contribution is 2.36. The molecule has 0 saturated carbocycles. The van der Waals surface area contributed by atoms with Crippen molar-refractivity contribution in [3.8, 4) is 0 Å². The van der Waals surface area contributed by atoms with Gasteiger partial charge < -0.3 is 5.11 Å². The van der Waals surface area contributed by atoms with Gasteiger partial charge in [0.05, 0.1) is 22.6 Å². The van der Waals surface area contributed by atoms with Gasteiger partial charge in [-0.15, -0.1) is 0 Å². The Morgan fingerprint density at radius 1 is 1.23 bits per heavy atom. The summed E-state index contributed by atoms with van der Waals surface area (Å²) < 4.78 is 66.1. The van der Waals surface area contributed by atoms with E-state index in [1.807, 2.05) is 0 Å². The number of alkyl halides is 3. The first kappa shape index (κ1) is 18.9. The third kappa shape index (κ3) is 4.44. The highest BCUT2D eigenvalue weighted by Gasteiger charge is 2.39. The Morgan fingerprint density at radius 2 is 1.77 bits per heavy atom. The highest BCUT2D eigenvalue weighted by molar-refractivity contribution is 7.89. The Hall–Kier alpha value is -1.12. The molecule has 0 aliphatic heterocycles. The SMILES string of the molecule is CC(C)c1ccc(S(=O)(=O)NC(C)(C)CO)c(C(F)(F)F)c1. The molecule has 0 aliphatic carbocycles. The van der Waals surface area contributed by atoms with Gasteiger partial charge in [-0.05, 0) is 37.5 Å². The van der Waals surface area contributed by atoms with Crippen molar-refractivity contribution in [2.45, 2.75) is 50.2 Å². The van der Waals surface area contributed by atoms with Gasteiger partial charge in [0, 0.05) is 0 Å². The van der Waals surface area contributed by atoms with E-state index < -0.39 is 38.8 Å². The fraction of sp³-hybridized carbons (Fsp3) is 0.571. The summed E-state index contributed by atoms with van der Waals surface area (Å²) in [6.45, 7) is 5.64. The van der Waals surface area contributed by atoms with Crippen LogP contribution in [0.25, 0.3) is 0 Å². The summed E-state index contributed by atoms with van der Waals surface area (Å²) in [7, 11) is -4.42. The zero-order chi connectivity index (χ0) is 17.3. The molecule has 0 aliphatic rings. The van der Waals surface area contributed by atoms with Crippen LogP contribution in [0.15, 0.2) is 23.1 Å². The van der Waals surface area contributed by atoms with Crippen molar-refractivity contribution in [1.82, 2.24) is 4.72 Å². The van der Waals surface area contributed by atoms with E-state index in [1.54, 1.807) is 13.8 Å². The highest BCUT2D eigenvalue weighted by atomic mass is 32.2. The smallest absolute Gasteiger partial charge is 0.394 e. The van der Waals surface area contributed by atoms with E-state index in [-0.39, 0.29) is 5.92 Å². The van der Waals surface area contributed by atoms with Gasteiger partial charge >= 0.3 is 6.18 Å². The maximum atomic E-state index is 13.2. The Balaban J connectivity index is 3.47. The summed E-state index contributed by atoms with van der Waals surface area (Å²) in [5.74, 6) is -0.167. The van der Waals surface area contributed by atoms with Gasteiger partial charge in [0.25, 0.3) is 0 Å². The third-order valence-corrected chi connectivity index (χ3v) is 4.83. The molecule has 1 rings (SSSR count). The van der Waals surface area contributed by atoms with Crippen LogP contribution < -0.4 is 4.72 Å². The Bertz CT molecular complexity index is 637. The standard InChI is InChI=1S/C14H20F3NO3S/c1-9(2)10-5-6-12(11(7-10)14(15,16)17)22(20,21)18-13(3,4)8-19/h5-7,9,18-19H,8H2,1-4H3.